The van der Waals surface area contributed by atoms with Gasteiger partial charge in [-0.2, -0.15) is 17.0 Å². The Balaban J connectivity index is 1.96. The molecule has 1 heterocycles. The van der Waals surface area contributed by atoms with Crippen molar-refractivity contribution in [3.8, 4) is 6.07 Å². The normalized spacial score (nSPS) is 23.3. The molecule has 1 rings (SSSR count). The Morgan fingerprint density at radius 3 is 3.14 bits per heavy atom. The molecule has 2 unspecified atom stereocenters. The SMILES string of the molecule is CNC(C#N)CCSCC1CCCO1. The van der Waals surface area contributed by atoms with E-state index in [-0.39, 0.29) is 6.04 Å². The summed E-state index contributed by atoms with van der Waals surface area (Å²) in [5.41, 5.74) is 0. The van der Waals surface area contributed by atoms with Gasteiger partial charge in [-0.15, -0.1) is 0 Å². The Labute approximate surface area is 90.2 Å². The standard InChI is InChI=1S/C10H18N2OS/c1-12-9(7-11)4-6-14-8-10-3-2-5-13-10/h9-10,12H,2-6,8H2,1H3. The molecule has 0 amide bonds. The lowest BCUT2D eigenvalue weighted by Gasteiger charge is -2.10. The van der Waals surface area contributed by atoms with Crippen molar-refractivity contribution in [3.05, 3.63) is 0 Å². The first-order chi connectivity index (χ1) is 6.86. The largest absolute Gasteiger partial charge is 0.377 e. The Kier molecular flexibility index (Phi) is 6.00. The van der Waals surface area contributed by atoms with Crippen LogP contribution in [0.1, 0.15) is 19.3 Å². The third-order valence-electron chi connectivity index (χ3n) is 2.38. The van der Waals surface area contributed by atoms with Gasteiger partial charge in [-0.1, -0.05) is 0 Å². The Hall–Kier alpha value is -0.240. The molecule has 1 saturated heterocycles. The minimum Gasteiger partial charge on any atom is -0.377 e. The van der Waals surface area contributed by atoms with Crippen LogP contribution in [0.25, 0.3) is 0 Å². The summed E-state index contributed by atoms with van der Waals surface area (Å²) in [4.78, 5) is 0. The van der Waals surface area contributed by atoms with Gasteiger partial charge in [-0.05, 0) is 32.1 Å². The minimum atomic E-state index is 0.00648. The molecular weight excluding hydrogens is 196 g/mol. The van der Waals surface area contributed by atoms with Gasteiger partial charge in [0.05, 0.1) is 18.2 Å². The van der Waals surface area contributed by atoms with E-state index in [0.29, 0.717) is 6.10 Å². The van der Waals surface area contributed by atoms with Crippen molar-refractivity contribution in [1.82, 2.24) is 5.32 Å². The van der Waals surface area contributed by atoms with Crippen molar-refractivity contribution in [3.63, 3.8) is 0 Å². The van der Waals surface area contributed by atoms with Crippen LogP contribution in [0.3, 0.4) is 0 Å². The molecule has 14 heavy (non-hydrogen) atoms. The summed E-state index contributed by atoms with van der Waals surface area (Å²) in [5.74, 6) is 2.13. The molecule has 0 aromatic carbocycles. The topological polar surface area (TPSA) is 45.0 Å². The zero-order valence-electron chi connectivity index (χ0n) is 8.66. The summed E-state index contributed by atoms with van der Waals surface area (Å²) in [6.07, 6.45) is 3.81. The summed E-state index contributed by atoms with van der Waals surface area (Å²) in [6.45, 7) is 0.933. The zero-order chi connectivity index (χ0) is 10.2. The van der Waals surface area contributed by atoms with E-state index in [0.717, 1.165) is 24.5 Å². The Bertz CT molecular complexity index is 187. The molecule has 1 aliphatic heterocycles. The fourth-order valence-electron chi connectivity index (χ4n) is 1.47. The van der Waals surface area contributed by atoms with Gasteiger partial charge in [0.2, 0.25) is 0 Å². The summed E-state index contributed by atoms with van der Waals surface area (Å²) in [5, 5.41) is 11.7. The quantitative estimate of drug-likeness (QED) is 0.679. The number of nitrogens with zero attached hydrogens (tertiary/aromatic N) is 1. The van der Waals surface area contributed by atoms with E-state index in [9.17, 15) is 0 Å². The monoisotopic (exact) mass is 214 g/mol. The average Bonchev–Trinajstić information content (AvgIpc) is 2.71. The van der Waals surface area contributed by atoms with Gasteiger partial charge in [-0.3, -0.25) is 0 Å². The van der Waals surface area contributed by atoms with Crippen molar-refractivity contribution in [2.75, 3.05) is 25.2 Å². The van der Waals surface area contributed by atoms with Gasteiger partial charge < -0.3 is 10.1 Å². The lowest BCUT2D eigenvalue weighted by atomic mass is 10.2. The maximum Gasteiger partial charge on any atom is 0.0958 e. The number of nitriles is 1. The van der Waals surface area contributed by atoms with Crippen LogP contribution < -0.4 is 5.32 Å². The molecule has 80 valence electrons. The first-order valence-corrected chi connectivity index (χ1v) is 6.28. The first kappa shape index (κ1) is 11.8. The van der Waals surface area contributed by atoms with Crippen LogP contribution in [-0.4, -0.2) is 37.3 Å². The average molecular weight is 214 g/mol. The predicted octanol–water partition coefficient (Wildman–Crippen LogP) is 1.40. The maximum absolute atomic E-state index is 8.69. The minimum absolute atomic E-state index is 0.00648. The van der Waals surface area contributed by atoms with Crippen LogP contribution in [0.15, 0.2) is 0 Å². The molecule has 0 spiro atoms. The van der Waals surface area contributed by atoms with Gasteiger partial charge in [0.25, 0.3) is 0 Å². The Morgan fingerprint density at radius 2 is 2.57 bits per heavy atom. The highest BCUT2D eigenvalue weighted by Gasteiger charge is 2.15. The van der Waals surface area contributed by atoms with E-state index in [2.05, 4.69) is 11.4 Å². The van der Waals surface area contributed by atoms with E-state index in [1.54, 1.807) is 0 Å². The smallest absolute Gasteiger partial charge is 0.0958 e. The lowest BCUT2D eigenvalue weighted by Crippen LogP contribution is -2.23. The summed E-state index contributed by atoms with van der Waals surface area (Å²) < 4.78 is 5.51. The van der Waals surface area contributed by atoms with Crippen LogP contribution in [-0.2, 0) is 4.74 Å². The molecule has 1 aliphatic rings. The Morgan fingerprint density at radius 1 is 1.71 bits per heavy atom. The second-order valence-corrected chi connectivity index (χ2v) is 4.62. The highest BCUT2D eigenvalue weighted by atomic mass is 32.2. The zero-order valence-corrected chi connectivity index (χ0v) is 9.48. The third-order valence-corrected chi connectivity index (χ3v) is 3.51. The van der Waals surface area contributed by atoms with Crippen LogP contribution in [0, 0.1) is 11.3 Å². The molecule has 1 fully saturated rings. The molecule has 4 heteroatoms. The number of nitrogens with one attached hydrogen (secondary N) is 1. The van der Waals surface area contributed by atoms with E-state index in [4.69, 9.17) is 10.00 Å². The lowest BCUT2D eigenvalue weighted by molar-refractivity contribution is 0.129. The van der Waals surface area contributed by atoms with Crippen LogP contribution in [0.5, 0.6) is 0 Å². The van der Waals surface area contributed by atoms with Crippen molar-refractivity contribution in [2.24, 2.45) is 0 Å². The van der Waals surface area contributed by atoms with Crippen LogP contribution >= 0.6 is 11.8 Å². The molecule has 0 bridgehead atoms. The number of thioether (sulfide) groups is 1. The second-order valence-electron chi connectivity index (χ2n) is 3.47. The fourth-order valence-corrected chi connectivity index (χ4v) is 2.56. The molecule has 0 radical (unpaired) electrons. The molecule has 2 atom stereocenters. The predicted molar refractivity (Wildman–Crippen MR) is 59.4 cm³/mol. The number of ether oxygens (including phenoxy) is 1. The van der Waals surface area contributed by atoms with Crippen molar-refractivity contribution in [2.45, 2.75) is 31.4 Å². The van der Waals surface area contributed by atoms with Gasteiger partial charge >= 0.3 is 0 Å². The molecule has 0 aromatic rings. The highest BCUT2D eigenvalue weighted by Crippen LogP contribution is 2.17. The van der Waals surface area contributed by atoms with Gasteiger partial charge in [-0.25, -0.2) is 0 Å². The van der Waals surface area contributed by atoms with Crippen molar-refractivity contribution in [1.29, 1.82) is 5.26 Å². The van der Waals surface area contributed by atoms with Gasteiger partial charge in [0, 0.05) is 12.4 Å². The molecule has 0 aliphatic carbocycles. The fraction of sp³-hybridized carbons (Fsp3) is 0.900. The summed E-state index contributed by atoms with van der Waals surface area (Å²) >= 11 is 1.89. The molecular formula is C10H18N2OS. The molecule has 0 aromatic heterocycles. The highest BCUT2D eigenvalue weighted by molar-refractivity contribution is 7.99. The summed E-state index contributed by atoms with van der Waals surface area (Å²) in [7, 11) is 1.83. The van der Waals surface area contributed by atoms with Crippen molar-refractivity contribution >= 4 is 11.8 Å². The van der Waals surface area contributed by atoms with Crippen LogP contribution in [0.2, 0.25) is 0 Å². The third kappa shape index (κ3) is 4.32. The second kappa shape index (κ2) is 7.10. The van der Waals surface area contributed by atoms with E-state index < -0.39 is 0 Å². The number of hydrogen-bond acceptors (Lipinski definition) is 4. The summed E-state index contributed by atoms with van der Waals surface area (Å²) in [6, 6.07) is 2.23. The van der Waals surface area contributed by atoms with Crippen LogP contribution in [0.4, 0.5) is 0 Å². The number of rotatable bonds is 6. The van der Waals surface area contributed by atoms with Gasteiger partial charge in [0.1, 0.15) is 0 Å². The first-order valence-electron chi connectivity index (χ1n) is 5.13. The van der Waals surface area contributed by atoms with E-state index in [1.807, 2.05) is 18.8 Å². The van der Waals surface area contributed by atoms with Crippen molar-refractivity contribution < 1.29 is 4.74 Å². The van der Waals surface area contributed by atoms with E-state index >= 15 is 0 Å². The van der Waals surface area contributed by atoms with E-state index in [1.165, 1.54) is 12.8 Å². The number of hydrogen-bond donors (Lipinski definition) is 1. The maximum atomic E-state index is 8.69. The van der Waals surface area contributed by atoms with Gasteiger partial charge in [0.15, 0.2) is 0 Å². The molecule has 3 nitrogen and oxygen atoms in total. The molecule has 0 saturated carbocycles. The molecule has 1 N–H and O–H groups in total.